The summed E-state index contributed by atoms with van der Waals surface area (Å²) in [7, 11) is 2.00. The summed E-state index contributed by atoms with van der Waals surface area (Å²) in [6.07, 6.45) is 3.42. The number of thiazole rings is 1. The molecule has 0 aliphatic rings. The summed E-state index contributed by atoms with van der Waals surface area (Å²) >= 11 is 7.30. The largest absolute Gasteiger partial charge is 0.472 e. The van der Waals surface area contributed by atoms with Crippen LogP contribution in [0.2, 0.25) is 0 Å². The lowest BCUT2D eigenvalue weighted by Crippen LogP contribution is -2.15. The van der Waals surface area contributed by atoms with E-state index in [1.807, 2.05) is 18.5 Å². The molecule has 80 valence electrons. The van der Waals surface area contributed by atoms with Crippen LogP contribution in [0.1, 0.15) is 11.3 Å². The first-order valence-corrected chi connectivity index (χ1v) is 5.93. The Bertz CT molecular complexity index is 413. The molecule has 2 heterocycles. The molecule has 5 heteroatoms. The lowest BCUT2D eigenvalue weighted by molar-refractivity contribution is 0.563. The maximum Gasteiger partial charge on any atom is 0.185 e. The highest BCUT2D eigenvalue weighted by Gasteiger charge is 2.07. The Kier molecular flexibility index (Phi) is 3.28. The number of anilines is 1. The van der Waals surface area contributed by atoms with Crippen LogP contribution < -0.4 is 4.90 Å². The van der Waals surface area contributed by atoms with Gasteiger partial charge < -0.3 is 9.32 Å². The monoisotopic (exact) mass is 242 g/mol. The number of furan rings is 1. The molecule has 0 aliphatic carbocycles. The molecule has 0 unspecified atom stereocenters. The SMILES string of the molecule is CN(Cc1ccoc1)c1nc(CCl)cs1. The minimum absolute atomic E-state index is 0.468. The molecule has 2 aromatic heterocycles. The van der Waals surface area contributed by atoms with Crippen molar-refractivity contribution in [3.63, 3.8) is 0 Å². The number of hydrogen-bond donors (Lipinski definition) is 0. The van der Waals surface area contributed by atoms with E-state index < -0.39 is 0 Å². The highest BCUT2D eigenvalue weighted by molar-refractivity contribution is 7.13. The Morgan fingerprint density at radius 3 is 3.07 bits per heavy atom. The van der Waals surface area contributed by atoms with Crippen LogP contribution in [0.15, 0.2) is 28.4 Å². The zero-order valence-electron chi connectivity index (χ0n) is 8.31. The molecule has 0 aromatic carbocycles. The summed E-state index contributed by atoms with van der Waals surface area (Å²) < 4.78 is 5.01. The smallest absolute Gasteiger partial charge is 0.185 e. The first-order valence-electron chi connectivity index (χ1n) is 4.52. The van der Waals surface area contributed by atoms with Crippen molar-refractivity contribution in [2.45, 2.75) is 12.4 Å². The maximum absolute atomic E-state index is 5.70. The van der Waals surface area contributed by atoms with Gasteiger partial charge in [0, 0.05) is 24.5 Å². The first kappa shape index (κ1) is 10.5. The topological polar surface area (TPSA) is 29.3 Å². The van der Waals surface area contributed by atoms with E-state index in [2.05, 4.69) is 9.88 Å². The number of alkyl halides is 1. The van der Waals surface area contributed by atoms with Crippen LogP contribution >= 0.6 is 22.9 Å². The van der Waals surface area contributed by atoms with E-state index >= 15 is 0 Å². The summed E-state index contributed by atoms with van der Waals surface area (Å²) in [6.45, 7) is 0.797. The molecule has 0 bridgehead atoms. The van der Waals surface area contributed by atoms with Crippen molar-refractivity contribution in [3.8, 4) is 0 Å². The predicted octanol–water partition coefficient (Wildman–Crippen LogP) is 3.11. The average molecular weight is 243 g/mol. The van der Waals surface area contributed by atoms with Crippen LogP contribution in [0.5, 0.6) is 0 Å². The van der Waals surface area contributed by atoms with E-state index in [9.17, 15) is 0 Å². The van der Waals surface area contributed by atoms with Gasteiger partial charge in [-0.15, -0.1) is 22.9 Å². The number of hydrogen-bond acceptors (Lipinski definition) is 4. The molecule has 0 amide bonds. The molecular formula is C10H11ClN2OS. The Hall–Kier alpha value is -1.000. The Labute approximate surface area is 97.3 Å². The van der Waals surface area contributed by atoms with E-state index in [1.54, 1.807) is 23.9 Å². The molecule has 0 aliphatic heterocycles. The molecule has 15 heavy (non-hydrogen) atoms. The van der Waals surface area contributed by atoms with Gasteiger partial charge in [-0.3, -0.25) is 0 Å². The summed E-state index contributed by atoms with van der Waals surface area (Å²) in [4.78, 5) is 6.47. The summed E-state index contributed by atoms with van der Waals surface area (Å²) in [5, 5.41) is 2.96. The van der Waals surface area contributed by atoms with Gasteiger partial charge in [0.15, 0.2) is 5.13 Å². The van der Waals surface area contributed by atoms with Crippen molar-refractivity contribution >= 4 is 28.1 Å². The third-order valence-electron chi connectivity index (χ3n) is 2.00. The van der Waals surface area contributed by atoms with Crippen molar-refractivity contribution in [2.75, 3.05) is 11.9 Å². The third-order valence-corrected chi connectivity index (χ3v) is 3.28. The normalized spacial score (nSPS) is 10.5. The van der Waals surface area contributed by atoms with Crippen molar-refractivity contribution in [1.29, 1.82) is 0 Å². The Morgan fingerprint density at radius 1 is 1.60 bits per heavy atom. The van der Waals surface area contributed by atoms with Crippen LogP contribution in [0.3, 0.4) is 0 Å². The van der Waals surface area contributed by atoms with E-state index in [0.717, 1.165) is 22.9 Å². The van der Waals surface area contributed by atoms with Gasteiger partial charge in [-0.05, 0) is 6.07 Å². The van der Waals surface area contributed by atoms with Gasteiger partial charge >= 0.3 is 0 Å². The predicted molar refractivity (Wildman–Crippen MR) is 62.5 cm³/mol. The molecular weight excluding hydrogens is 232 g/mol. The molecule has 2 aromatic rings. The molecule has 0 atom stereocenters. The fourth-order valence-electron chi connectivity index (χ4n) is 1.26. The molecule has 0 fully saturated rings. The average Bonchev–Trinajstić information content (AvgIpc) is 2.86. The molecule has 0 radical (unpaired) electrons. The molecule has 0 N–H and O–H groups in total. The van der Waals surface area contributed by atoms with Crippen LogP contribution in [0.25, 0.3) is 0 Å². The Morgan fingerprint density at radius 2 is 2.47 bits per heavy atom. The summed E-state index contributed by atoms with van der Waals surface area (Å²) in [6, 6.07) is 1.95. The van der Waals surface area contributed by atoms with Gasteiger partial charge in [0.25, 0.3) is 0 Å². The molecule has 0 saturated heterocycles. The zero-order valence-corrected chi connectivity index (χ0v) is 9.88. The van der Waals surface area contributed by atoms with Crippen molar-refractivity contribution in [1.82, 2.24) is 4.98 Å². The van der Waals surface area contributed by atoms with E-state index in [1.165, 1.54) is 0 Å². The maximum atomic E-state index is 5.70. The van der Waals surface area contributed by atoms with Gasteiger partial charge in [-0.1, -0.05) is 0 Å². The standard InChI is InChI=1S/C10H11ClN2OS/c1-13(5-8-2-3-14-6-8)10-12-9(4-11)7-15-10/h2-3,6-7H,4-5H2,1H3. The lowest BCUT2D eigenvalue weighted by Gasteiger charge is -2.13. The van der Waals surface area contributed by atoms with Crippen molar-refractivity contribution in [3.05, 3.63) is 35.2 Å². The summed E-state index contributed by atoms with van der Waals surface area (Å²) in [5.74, 6) is 0.468. The number of halogens is 1. The van der Waals surface area contributed by atoms with Crippen molar-refractivity contribution < 1.29 is 4.42 Å². The van der Waals surface area contributed by atoms with Crippen LogP contribution in [-0.2, 0) is 12.4 Å². The quantitative estimate of drug-likeness (QED) is 0.772. The molecule has 2 rings (SSSR count). The van der Waals surface area contributed by atoms with Gasteiger partial charge in [-0.2, -0.15) is 0 Å². The van der Waals surface area contributed by atoms with Gasteiger partial charge in [0.2, 0.25) is 0 Å². The lowest BCUT2D eigenvalue weighted by atomic mass is 10.3. The highest BCUT2D eigenvalue weighted by Crippen LogP contribution is 2.21. The van der Waals surface area contributed by atoms with Crippen LogP contribution in [-0.4, -0.2) is 12.0 Å². The van der Waals surface area contributed by atoms with Gasteiger partial charge in [0.1, 0.15) is 0 Å². The second-order valence-electron chi connectivity index (χ2n) is 3.24. The zero-order chi connectivity index (χ0) is 10.7. The summed E-state index contributed by atoms with van der Waals surface area (Å²) in [5.41, 5.74) is 2.07. The second-order valence-corrected chi connectivity index (χ2v) is 4.35. The second kappa shape index (κ2) is 4.68. The van der Waals surface area contributed by atoms with E-state index in [4.69, 9.17) is 16.0 Å². The number of aromatic nitrogens is 1. The fraction of sp³-hybridized carbons (Fsp3) is 0.300. The van der Waals surface area contributed by atoms with Crippen molar-refractivity contribution in [2.24, 2.45) is 0 Å². The minimum atomic E-state index is 0.468. The number of rotatable bonds is 4. The first-order chi connectivity index (χ1) is 7.29. The fourth-order valence-corrected chi connectivity index (χ4v) is 2.28. The molecule has 3 nitrogen and oxygen atoms in total. The van der Waals surface area contributed by atoms with Crippen LogP contribution in [0.4, 0.5) is 5.13 Å². The van der Waals surface area contributed by atoms with E-state index in [0.29, 0.717) is 5.88 Å². The van der Waals surface area contributed by atoms with Gasteiger partial charge in [-0.25, -0.2) is 4.98 Å². The molecule has 0 saturated carbocycles. The Balaban J connectivity index is 2.04. The minimum Gasteiger partial charge on any atom is -0.472 e. The van der Waals surface area contributed by atoms with Gasteiger partial charge in [0.05, 0.1) is 24.1 Å². The number of nitrogens with zero attached hydrogens (tertiary/aromatic N) is 2. The highest BCUT2D eigenvalue weighted by atomic mass is 35.5. The molecule has 0 spiro atoms. The van der Waals surface area contributed by atoms with Crippen LogP contribution in [0, 0.1) is 0 Å². The third kappa shape index (κ3) is 2.52. The van der Waals surface area contributed by atoms with E-state index in [-0.39, 0.29) is 0 Å².